The van der Waals surface area contributed by atoms with Crippen molar-refractivity contribution in [1.29, 1.82) is 0 Å². The fraction of sp³-hybridized carbons (Fsp3) is 0.783. The molecular weight excluding hydrogens is 396 g/mol. The first-order valence-corrected chi connectivity index (χ1v) is 12.6. The van der Waals surface area contributed by atoms with Gasteiger partial charge in [0.15, 0.2) is 5.96 Å². The van der Waals surface area contributed by atoms with Gasteiger partial charge in [-0.3, -0.25) is 9.89 Å². The molecule has 3 rings (SSSR count). The van der Waals surface area contributed by atoms with Crippen LogP contribution in [0.4, 0.5) is 0 Å². The molecule has 3 heterocycles. The molecule has 0 bridgehead atoms. The molecule has 0 spiro atoms. The van der Waals surface area contributed by atoms with Crippen LogP contribution in [0.15, 0.2) is 22.5 Å². The summed E-state index contributed by atoms with van der Waals surface area (Å²) in [5.41, 5.74) is 0. The quantitative estimate of drug-likeness (QED) is 0.334. The Hall–Kier alpha value is -1.15. The van der Waals surface area contributed by atoms with Gasteiger partial charge in [0, 0.05) is 57.0 Å². The third-order valence-electron chi connectivity index (χ3n) is 6.12. The Balaban J connectivity index is 1.40. The van der Waals surface area contributed by atoms with Crippen molar-refractivity contribution >= 4 is 17.3 Å². The van der Waals surface area contributed by atoms with E-state index in [2.05, 4.69) is 47.0 Å². The molecule has 2 atom stereocenters. The smallest absolute Gasteiger partial charge is 0.191 e. The van der Waals surface area contributed by atoms with Gasteiger partial charge in [-0.1, -0.05) is 6.07 Å². The van der Waals surface area contributed by atoms with Crippen molar-refractivity contribution < 1.29 is 9.47 Å². The van der Waals surface area contributed by atoms with E-state index in [1.54, 1.807) is 0 Å². The van der Waals surface area contributed by atoms with Crippen molar-refractivity contribution in [2.24, 2.45) is 16.8 Å². The Labute approximate surface area is 186 Å². The van der Waals surface area contributed by atoms with Crippen molar-refractivity contribution in [3.63, 3.8) is 0 Å². The predicted molar refractivity (Wildman–Crippen MR) is 125 cm³/mol. The maximum atomic E-state index is 5.88. The minimum Gasteiger partial charge on any atom is -0.381 e. The second kappa shape index (κ2) is 13.3. The van der Waals surface area contributed by atoms with E-state index < -0.39 is 0 Å². The van der Waals surface area contributed by atoms with Crippen LogP contribution in [0.1, 0.15) is 49.9 Å². The highest BCUT2D eigenvalue weighted by Crippen LogP contribution is 2.37. The summed E-state index contributed by atoms with van der Waals surface area (Å²) >= 11 is 1.87. The first kappa shape index (κ1) is 23.5. The number of guanidine groups is 1. The zero-order chi connectivity index (χ0) is 21.0. The summed E-state index contributed by atoms with van der Waals surface area (Å²) in [5.74, 6) is 2.18. The lowest BCUT2D eigenvalue weighted by Crippen LogP contribution is -2.40. The van der Waals surface area contributed by atoms with Crippen LogP contribution in [0.5, 0.6) is 0 Å². The SMILES string of the molecule is CCNC(=NCC1CCCN(C)C1c1cccs1)NCCCOCC1CCOCC1. The number of piperidine rings is 1. The predicted octanol–water partition coefficient (Wildman–Crippen LogP) is 3.52. The van der Waals surface area contributed by atoms with Gasteiger partial charge < -0.3 is 20.1 Å². The van der Waals surface area contributed by atoms with Gasteiger partial charge in [0.25, 0.3) is 0 Å². The first-order chi connectivity index (χ1) is 14.8. The average Bonchev–Trinajstić information content (AvgIpc) is 3.29. The molecule has 0 radical (unpaired) electrons. The van der Waals surface area contributed by atoms with E-state index in [9.17, 15) is 0 Å². The standard InChI is InChI=1S/C23H40N4O2S/c1-3-24-23(25-11-6-13-29-18-19-9-14-28-15-10-19)26-17-20-7-4-12-27(2)22(20)21-8-5-16-30-21/h5,8,16,19-20,22H,3-4,6-7,9-15,17-18H2,1-2H3,(H2,24,25,26). The Bertz CT molecular complexity index is 604. The van der Waals surface area contributed by atoms with Crippen LogP contribution in [0, 0.1) is 11.8 Å². The topological polar surface area (TPSA) is 58.1 Å². The minimum absolute atomic E-state index is 0.490. The second-order valence-electron chi connectivity index (χ2n) is 8.47. The Morgan fingerprint density at radius 1 is 1.30 bits per heavy atom. The molecule has 7 heteroatoms. The fourth-order valence-electron chi connectivity index (χ4n) is 4.45. The van der Waals surface area contributed by atoms with E-state index in [-0.39, 0.29) is 0 Å². The van der Waals surface area contributed by atoms with Gasteiger partial charge in [0.1, 0.15) is 0 Å². The highest BCUT2D eigenvalue weighted by atomic mass is 32.1. The third kappa shape index (κ3) is 7.52. The van der Waals surface area contributed by atoms with E-state index in [0.717, 1.165) is 71.3 Å². The highest BCUT2D eigenvalue weighted by molar-refractivity contribution is 7.10. The molecular formula is C23H40N4O2S. The van der Waals surface area contributed by atoms with Crippen LogP contribution in [-0.2, 0) is 9.47 Å². The monoisotopic (exact) mass is 436 g/mol. The normalized spacial score (nSPS) is 24.1. The van der Waals surface area contributed by atoms with Crippen molar-refractivity contribution in [3.8, 4) is 0 Å². The number of nitrogens with zero attached hydrogens (tertiary/aromatic N) is 2. The number of ether oxygens (including phenoxy) is 2. The van der Waals surface area contributed by atoms with Crippen LogP contribution in [0.3, 0.4) is 0 Å². The lowest BCUT2D eigenvalue weighted by Gasteiger charge is -2.38. The van der Waals surface area contributed by atoms with Crippen molar-refractivity contribution in [2.45, 2.75) is 45.1 Å². The Morgan fingerprint density at radius 2 is 2.17 bits per heavy atom. The van der Waals surface area contributed by atoms with E-state index in [1.165, 1.54) is 24.3 Å². The summed E-state index contributed by atoms with van der Waals surface area (Å²) in [6.07, 6.45) is 5.77. The molecule has 0 aliphatic carbocycles. The number of hydrogen-bond donors (Lipinski definition) is 2. The molecule has 0 amide bonds. The van der Waals surface area contributed by atoms with Crippen molar-refractivity contribution in [3.05, 3.63) is 22.4 Å². The number of rotatable bonds is 10. The molecule has 6 nitrogen and oxygen atoms in total. The lowest BCUT2D eigenvalue weighted by molar-refractivity contribution is 0.0203. The van der Waals surface area contributed by atoms with E-state index >= 15 is 0 Å². The maximum Gasteiger partial charge on any atom is 0.191 e. The lowest BCUT2D eigenvalue weighted by atomic mass is 9.88. The Kier molecular flexibility index (Phi) is 10.4. The highest BCUT2D eigenvalue weighted by Gasteiger charge is 2.31. The van der Waals surface area contributed by atoms with Crippen LogP contribution in [-0.4, -0.2) is 70.5 Å². The average molecular weight is 437 g/mol. The molecule has 0 aromatic carbocycles. The van der Waals surface area contributed by atoms with Gasteiger partial charge >= 0.3 is 0 Å². The van der Waals surface area contributed by atoms with Gasteiger partial charge in [0.2, 0.25) is 0 Å². The van der Waals surface area contributed by atoms with Gasteiger partial charge in [-0.15, -0.1) is 11.3 Å². The van der Waals surface area contributed by atoms with Gasteiger partial charge in [-0.05, 0) is 75.9 Å². The molecule has 170 valence electrons. The first-order valence-electron chi connectivity index (χ1n) is 11.7. The summed E-state index contributed by atoms with van der Waals surface area (Å²) in [7, 11) is 2.25. The number of thiophene rings is 1. The van der Waals surface area contributed by atoms with Gasteiger partial charge in [0.05, 0.1) is 0 Å². The largest absolute Gasteiger partial charge is 0.381 e. The molecule has 30 heavy (non-hydrogen) atoms. The van der Waals surface area contributed by atoms with Crippen LogP contribution < -0.4 is 10.6 Å². The summed E-state index contributed by atoms with van der Waals surface area (Å²) in [6.45, 7) is 9.39. The zero-order valence-electron chi connectivity index (χ0n) is 18.8. The fourth-order valence-corrected chi connectivity index (χ4v) is 5.44. The third-order valence-corrected chi connectivity index (χ3v) is 7.07. The number of likely N-dealkylation sites (tertiary alicyclic amines) is 1. The number of hydrogen-bond acceptors (Lipinski definition) is 5. The molecule has 2 aliphatic heterocycles. The Morgan fingerprint density at radius 3 is 2.93 bits per heavy atom. The molecule has 2 unspecified atom stereocenters. The maximum absolute atomic E-state index is 5.88. The summed E-state index contributed by atoms with van der Waals surface area (Å²) in [6, 6.07) is 4.93. The molecule has 0 saturated carbocycles. The molecule has 2 aliphatic rings. The van der Waals surface area contributed by atoms with Crippen molar-refractivity contribution in [2.75, 3.05) is 59.7 Å². The minimum atomic E-state index is 0.490. The van der Waals surface area contributed by atoms with Crippen LogP contribution >= 0.6 is 11.3 Å². The van der Waals surface area contributed by atoms with E-state index in [0.29, 0.717) is 17.9 Å². The summed E-state index contributed by atoms with van der Waals surface area (Å²) < 4.78 is 11.3. The molecule has 1 aromatic heterocycles. The van der Waals surface area contributed by atoms with E-state index in [1.807, 2.05) is 11.3 Å². The van der Waals surface area contributed by atoms with Gasteiger partial charge in [-0.25, -0.2) is 0 Å². The zero-order valence-corrected chi connectivity index (χ0v) is 19.6. The van der Waals surface area contributed by atoms with Crippen LogP contribution in [0.25, 0.3) is 0 Å². The molecule has 2 fully saturated rings. The van der Waals surface area contributed by atoms with E-state index in [4.69, 9.17) is 14.5 Å². The number of nitrogens with one attached hydrogen (secondary N) is 2. The van der Waals surface area contributed by atoms with Crippen LogP contribution in [0.2, 0.25) is 0 Å². The molecule has 2 saturated heterocycles. The summed E-state index contributed by atoms with van der Waals surface area (Å²) in [4.78, 5) is 8.92. The van der Waals surface area contributed by atoms with Gasteiger partial charge in [-0.2, -0.15) is 0 Å². The molecule has 1 aromatic rings. The molecule has 2 N–H and O–H groups in total. The number of aliphatic imine (C=N–C) groups is 1. The van der Waals surface area contributed by atoms with Crippen molar-refractivity contribution in [1.82, 2.24) is 15.5 Å². The second-order valence-corrected chi connectivity index (χ2v) is 9.45. The summed E-state index contributed by atoms with van der Waals surface area (Å²) in [5, 5.41) is 9.07.